The molecule has 5 heteroatoms. The van der Waals surface area contributed by atoms with Crippen LogP contribution in [0.4, 0.5) is 0 Å². The molecule has 5 nitrogen and oxygen atoms in total. The van der Waals surface area contributed by atoms with E-state index in [2.05, 4.69) is 31.9 Å². The normalized spacial score (nSPS) is 16.4. The fraction of sp³-hybridized carbons (Fsp3) is 0.421. The first-order valence-corrected chi connectivity index (χ1v) is 8.19. The lowest BCUT2D eigenvalue weighted by Crippen LogP contribution is -2.32. The van der Waals surface area contributed by atoms with Crippen molar-refractivity contribution in [3.05, 3.63) is 36.0 Å². The van der Waals surface area contributed by atoms with Crippen molar-refractivity contribution in [3.63, 3.8) is 0 Å². The predicted octanol–water partition coefficient (Wildman–Crippen LogP) is 3.66. The molecule has 2 aromatic rings. The number of hydrogen-bond acceptors (Lipinski definition) is 3. The van der Waals surface area contributed by atoms with Gasteiger partial charge in [0.2, 0.25) is 0 Å². The average molecular weight is 322 g/mol. The minimum absolute atomic E-state index is 0.146. The summed E-state index contributed by atoms with van der Waals surface area (Å²) in [7, 11) is 0. The molecule has 24 heavy (non-hydrogen) atoms. The van der Waals surface area contributed by atoms with E-state index < -0.39 is 0 Å². The fourth-order valence-corrected chi connectivity index (χ4v) is 2.87. The minimum Gasteiger partial charge on any atom is -0.331 e. The van der Waals surface area contributed by atoms with Crippen molar-refractivity contribution in [2.45, 2.75) is 34.2 Å². The highest BCUT2D eigenvalue weighted by Crippen LogP contribution is 2.28. The predicted molar refractivity (Wildman–Crippen MR) is 94.6 cm³/mol. The van der Waals surface area contributed by atoms with E-state index in [9.17, 15) is 4.79 Å². The van der Waals surface area contributed by atoms with Gasteiger partial charge < -0.3 is 4.57 Å². The maximum atomic E-state index is 13.0. The summed E-state index contributed by atoms with van der Waals surface area (Å²) in [6.45, 7) is 8.97. The van der Waals surface area contributed by atoms with Gasteiger partial charge >= 0.3 is 0 Å². The summed E-state index contributed by atoms with van der Waals surface area (Å²) in [6.07, 6.45) is 0. The van der Waals surface area contributed by atoms with E-state index in [0.717, 1.165) is 16.6 Å². The quantitative estimate of drug-likeness (QED) is 0.847. The van der Waals surface area contributed by atoms with Crippen LogP contribution in [0.1, 0.15) is 38.2 Å². The Hall–Kier alpha value is -2.61. The van der Waals surface area contributed by atoms with Crippen LogP contribution in [0.2, 0.25) is 0 Å². The van der Waals surface area contributed by atoms with E-state index in [-0.39, 0.29) is 17.2 Å². The Morgan fingerprint density at radius 1 is 1.33 bits per heavy atom. The number of amides is 1. The number of hydrazone groups is 1. The molecule has 0 saturated carbocycles. The molecule has 1 amide bonds. The van der Waals surface area contributed by atoms with Crippen LogP contribution in [0.25, 0.3) is 10.9 Å². The van der Waals surface area contributed by atoms with Crippen LogP contribution in [0.15, 0.2) is 35.4 Å². The van der Waals surface area contributed by atoms with Crippen LogP contribution in [0.3, 0.4) is 0 Å². The molecule has 3 rings (SSSR count). The first kappa shape index (κ1) is 16.3. The van der Waals surface area contributed by atoms with Gasteiger partial charge in [-0.2, -0.15) is 10.4 Å². The summed E-state index contributed by atoms with van der Waals surface area (Å²) in [5.41, 5.74) is 2.43. The average Bonchev–Trinajstić information content (AvgIpc) is 2.83. The lowest BCUT2D eigenvalue weighted by molar-refractivity contribution is 0.0743. The van der Waals surface area contributed by atoms with Crippen molar-refractivity contribution in [3.8, 4) is 6.07 Å². The third-order valence-electron chi connectivity index (χ3n) is 4.35. The van der Waals surface area contributed by atoms with Gasteiger partial charge in [-0.3, -0.25) is 4.79 Å². The first-order chi connectivity index (χ1) is 11.3. The Kier molecular flexibility index (Phi) is 3.92. The van der Waals surface area contributed by atoms with Crippen LogP contribution < -0.4 is 0 Å². The van der Waals surface area contributed by atoms with Gasteiger partial charge in [0.1, 0.15) is 5.69 Å². The van der Waals surface area contributed by atoms with Gasteiger partial charge in [-0.05, 0) is 19.1 Å². The smallest absolute Gasteiger partial charge is 0.290 e. The molecule has 124 valence electrons. The van der Waals surface area contributed by atoms with Crippen LogP contribution in [-0.4, -0.2) is 27.7 Å². The number of benzene rings is 1. The molecule has 0 radical (unpaired) electrons. The molecule has 1 aromatic heterocycles. The summed E-state index contributed by atoms with van der Waals surface area (Å²) in [5.74, 6) is -0.414. The first-order valence-electron chi connectivity index (χ1n) is 8.19. The number of rotatable bonds is 2. The van der Waals surface area contributed by atoms with Gasteiger partial charge in [-0.15, -0.1) is 0 Å². The second-order valence-electron chi connectivity index (χ2n) is 7.39. The van der Waals surface area contributed by atoms with Crippen LogP contribution >= 0.6 is 0 Å². The number of carbonyl (C=O) groups is 1. The van der Waals surface area contributed by atoms with E-state index in [0.29, 0.717) is 18.8 Å². The Morgan fingerprint density at radius 3 is 2.71 bits per heavy atom. The molecule has 2 heterocycles. The molecule has 1 aliphatic rings. The summed E-state index contributed by atoms with van der Waals surface area (Å²) < 4.78 is 2.04. The number of carbonyl (C=O) groups excluding carboxylic acids is 1. The van der Waals surface area contributed by atoms with Gasteiger partial charge in [-0.1, -0.05) is 39.0 Å². The highest BCUT2D eigenvalue weighted by atomic mass is 16.2. The van der Waals surface area contributed by atoms with Crippen LogP contribution in [0.5, 0.6) is 0 Å². The van der Waals surface area contributed by atoms with Crippen molar-refractivity contribution in [1.29, 1.82) is 5.26 Å². The third-order valence-corrected chi connectivity index (χ3v) is 4.35. The highest BCUT2D eigenvalue weighted by molar-refractivity contribution is 6.02. The summed E-state index contributed by atoms with van der Waals surface area (Å²) >= 11 is 0. The van der Waals surface area contributed by atoms with Crippen LogP contribution in [-0.2, 0) is 6.54 Å². The number of nitriles is 1. The second-order valence-corrected chi connectivity index (χ2v) is 7.39. The lowest BCUT2D eigenvalue weighted by Gasteiger charge is -2.23. The van der Waals surface area contributed by atoms with Gasteiger partial charge in [0, 0.05) is 16.3 Å². The topological polar surface area (TPSA) is 61.4 Å². The van der Waals surface area contributed by atoms with Crippen molar-refractivity contribution < 1.29 is 4.79 Å². The zero-order valence-electron chi connectivity index (χ0n) is 14.6. The van der Waals surface area contributed by atoms with Gasteiger partial charge in [-0.25, -0.2) is 5.01 Å². The maximum absolute atomic E-state index is 13.0. The largest absolute Gasteiger partial charge is 0.331 e. The Bertz CT molecular complexity index is 864. The zero-order valence-corrected chi connectivity index (χ0v) is 14.6. The molecule has 0 saturated heterocycles. The van der Waals surface area contributed by atoms with E-state index in [4.69, 9.17) is 5.26 Å². The Labute approximate surface area is 142 Å². The van der Waals surface area contributed by atoms with E-state index in [1.807, 2.05) is 34.9 Å². The molecule has 0 bridgehead atoms. The number of aromatic nitrogens is 1. The van der Waals surface area contributed by atoms with E-state index in [1.165, 1.54) is 5.01 Å². The highest BCUT2D eigenvalue weighted by Gasteiger charge is 2.30. The number of fused-ring (bicyclic) bond motifs is 3. The van der Waals surface area contributed by atoms with E-state index in [1.54, 1.807) is 6.92 Å². The monoisotopic (exact) mass is 322 g/mol. The standard InChI is InChI=1S/C19H22N4O/c1-13(10-20)11-23-18(24)16-9-14-7-5-6-8-15(14)22(16)12-17(21-23)19(2,3)4/h5-9,13H,11-12H2,1-4H3/t13-/m1/s1. The molecule has 0 spiro atoms. The van der Waals surface area contributed by atoms with Crippen LogP contribution in [0, 0.1) is 22.7 Å². The molecule has 0 aliphatic carbocycles. The molecule has 0 unspecified atom stereocenters. The molecule has 1 aromatic carbocycles. The second kappa shape index (κ2) is 5.79. The molecule has 1 atom stereocenters. The number of nitrogens with zero attached hydrogens (tertiary/aromatic N) is 4. The SMILES string of the molecule is C[C@H](C#N)CN1N=C(C(C)(C)C)Cn2c(cc3ccccc32)C1=O. The fourth-order valence-electron chi connectivity index (χ4n) is 2.87. The number of hydrogen-bond donors (Lipinski definition) is 0. The molecule has 0 N–H and O–H groups in total. The van der Waals surface area contributed by atoms with Gasteiger partial charge in [0.15, 0.2) is 0 Å². The summed E-state index contributed by atoms with van der Waals surface area (Å²) in [6, 6.07) is 12.1. The Balaban J connectivity index is 2.17. The van der Waals surface area contributed by atoms with Gasteiger partial charge in [0.25, 0.3) is 5.91 Å². The van der Waals surface area contributed by atoms with Crippen molar-refractivity contribution in [1.82, 2.24) is 9.58 Å². The van der Waals surface area contributed by atoms with Crippen molar-refractivity contribution in [2.75, 3.05) is 6.54 Å². The third kappa shape index (κ3) is 2.80. The number of para-hydroxylation sites is 1. The summed E-state index contributed by atoms with van der Waals surface area (Å²) in [5, 5.41) is 16.3. The van der Waals surface area contributed by atoms with E-state index >= 15 is 0 Å². The Morgan fingerprint density at radius 2 is 2.04 bits per heavy atom. The minimum atomic E-state index is -0.269. The molecular formula is C19H22N4O. The molecule has 0 fully saturated rings. The van der Waals surface area contributed by atoms with Crippen molar-refractivity contribution in [2.24, 2.45) is 16.4 Å². The van der Waals surface area contributed by atoms with Gasteiger partial charge in [0.05, 0.1) is 30.8 Å². The molecular weight excluding hydrogens is 300 g/mol. The zero-order chi connectivity index (χ0) is 17.5. The summed E-state index contributed by atoms with van der Waals surface area (Å²) in [4.78, 5) is 13.0. The maximum Gasteiger partial charge on any atom is 0.290 e. The molecule has 1 aliphatic heterocycles. The van der Waals surface area contributed by atoms with Crippen molar-refractivity contribution >= 4 is 22.5 Å². The lowest BCUT2D eigenvalue weighted by atomic mass is 9.90.